The molecule has 0 radical (unpaired) electrons. The van der Waals surface area contributed by atoms with Gasteiger partial charge in [0.25, 0.3) is 0 Å². The van der Waals surface area contributed by atoms with Gasteiger partial charge in [0.2, 0.25) is 11.5 Å². The van der Waals surface area contributed by atoms with Crippen molar-refractivity contribution in [2.75, 3.05) is 0 Å². The molecule has 1 saturated carbocycles. The summed E-state index contributed by atoms with van der Waals surface area (Å²) in [6.07, 6.45) is 1.10. The Balaban J connectivity index is 1.68. The number of benzene rings is 1. The van der Waals surface area contributed by atoms with Crippen LogP contribution in [0.25, 0.3) is 21.9 Å². The summed E-state index contributed by atoms with van der Waals surface area (Å²) in [5.41, 5.74) is 0.958. The van der Waals surface area contributed by atoms with E-state index in [0.717, 1.165) is 11.5 Å². The fourth-order valence-corrected chi connectivity index (χ4v) is 4.12. The predicted octanol–water partition coefficient (Wildman–Crippen LogP) is 4.72. The highest BCUT2D eigenvalue weighted by Crippen LogP contribution is 2.49. The van der Waals surface area contributed by atoms with Crippen LogP contribution in [0.4, 0.5) is 17.6 Å². The van der Waals surface area contributed by atoms with Gasteiger partial charge in [-0.15, -0.1) is 0 Å². The van der Waals surface area contributed by atoms with Crippen molar-refractivity contribution in [2.45, 2.75) is 31.2 Å². The average molecular weight is 401 g/mol. The lowest BCUT2D eigenvalue weighted by Gasteiger charge is -2.35. The molecule has 1 N–H and O–H groups in total. The zero-order valence-corrected chi connectivity index (χ0v) is 15.1. The van der Waals surface area contributed by atoms with Crippen molar-refractivity contribution in [2.24, 2.45) is 0 Å². The number of hydrogen-bond acceptors (Lipinski definition) is 2. The van der Waals surface area contributed by atoms with E-state index in [4.69, 9.17) is 0 Å². The third kappa shape index (κ3) is 2.90. The maximum Gasteiger partial charge on any atom is 0.249 e. The first-order valence-electron chi connectivity index (χ1n) is 9.14. The molecule has 1 aliphatic rings. The highest BCUT2D eigenvalue weighted by molar-refractivity contribution is 5.83. The summed E-state index contributed by atoms with van der Waals surface area (Å²) in [4.78, 5) is 18.8. The van der Waals surface area contributed by atoms with Gasteiger partial charge >= 0.3 is 0 Å². The third-order valence-corrected chi connectivity index (χ3v) is 5.52. The van der Waals surface area contributed by atoms with Crippen LogP contribution in [0.2, 0.25) is 0 Å². The highest BCUT2D eigenvalue weighted by Gasteiger charge is 2.47. The number of H-pyrrole nitrogens is 1. The monoisotopic (exact) mass is 401 g/mol. The Morgan fingerprint density at radius 1 is 1.17 bits per heavy atom. The SMILES string of the molecule is O=c1cc(Cn2c(C3CC(F)(F)C3)cc3cccnc32)c2ccc(F)c(F)c2[nH]1. The van der Waals surface area contributed by atoms with Gasteiger partial charge in [-0.25, -0.2) is 22.5 Å². The van der Waals surface area contributed by atoms with E-state index < -0.39 is 23.1 Å². The number of halogens is 4. The molecule has 8 heteroatoms. The van der Waals surface area contributed by atoms with Crippen LogP contribution < -0.4 is 5.56 Å². The number of nitrogens with one attached hydrogen (secondary N) is 1. The number of aromatic amines is 1. The summed E-state index contributed by atoms with van der Waals surface area (Å²) in [5.74, 6) is -5.20. The molecule has 5 rings (SSSR count). The van der Waals surface area contributed by atoms with E-state index in [1.165, 1.54) is 12.1 Å². The third-order valence-electron chi connectivity index (χ3n) is 5.52. The molecular weight excluding hydrogens is 386 g/mol. The number of pyridine rings is 2. The molecule has 148 valence electrons. The molecule has 29 heavy (non-hydrogen) atoms. The standard InChI is InChI=1S/C21H15F4N3O/c22-15-4-3-14-12(7-17(29)27-19(14)18(15)23)10-28-16(13-8-21(24,25)9-13)6-11-2-1-5-26-20(11)28/h1-7,13H,8-10H2,(H,27,29). The van der Waals surface area contributed by atoms with E-state index in [1.54, 1.807) is 16.8 Å². The fourth-order valence-electron chi connectivity index (χ4n) is 4.12. The number of nitrogens with zero attached hydrogens (tertiary/aromatic N) is 2. The predicted molar refractivity (Wildman–Crippen MR) is 100 cm³/mol. The quantitative estimate of drug-likeness (QED) is 0.505. The first-order chi connectivity index (χ1) is 13.8. The molecular formula is C21H15F4N3O. The van der Waals surface area contributed by atoms with Gasteiger partial charge in [0.15, 0.2) is 11.6 Å². The summed E-state index contributed by atoms with van der Waals surface area (Å²) >= 11 is 0. The van der Waals surface area contributed by atoms with E-state index in [0.29, 0.717) is 22.3 Å². The molecule has 1 aromatic carbocycles. The number of alkyl halides is 2. The first kappa shape index (κ1) is 17.9. The van der Waals surface area contributed by atoms with E-state index in [1.807, 2.05) is 12.1 Å². The molecule has 0 atom stereocenters. The Labute approximate surface area is 161 Å². The van der Waals surface area contributed by atoms with E-state index in [-0.39, 0.29) is 30.8 Å². The van der Waals surface area contributed by atoms with Crippen LogP contribution >= 0.6 is 0 Å². The topological polar surface area (TPSA) is 50.7 Å². The van der Waals surface area contributed by atoms with Crippen LogP contribution in [0.1, 0.15) is 30.0 Å². The van der Waals surface area contributed by atoms with Crippen molar-refractivity contribution in [1.82, 2.24) is 14.5 Å². The minimum atomic E-state index is -2.68. The van der Waals surface area contributed by atoms with Crippen molar-refractivity contribution in [3.05, 3.63) is 75.8 Å². The second kappa shape index (κ2) is 6.17. The minimum Gasteiger partial charge on any atom is -0.325 e. The molecule has 0 saturated heterocycles. The summed E-state index contributed by atoms with van der Waals surface area (Å²) in [6, 6.07) is 9.14. The molecule has 0 unspecified atom stereocenters. The van der Waals surface area contributed by atoms with Gasteiger partial charge in [0.1, 0.15) is 5.65 Å². The molecule has 0 amide bonds. The lowest BCUT2D eigenvalue weighted by atomic mass is 9.79. The Bertz CT molecular complexity index is 1320. The Hall–Kier alpha value is -3.16. The summed E-state index contributed by atoms with van der Waals surface area (Å²) in [5, 5.41) is 1.15. The van der Waals surface area contributed by atoms with Crippen LogP contribution in [0.3, 0.4) is 0 Å². The Kier molecular flexibility index (Phi) is 3.81. The minimum absolute atomic E-state index is 0.128. The highest BCUT2D eigenvalue weighted by atomic mass is 19.3. The van der Waals surface area contributed by atoms with Crippen LogP contribution in [-0.2, 0) is 6.54 Å². The summed E-state index contributed by atoms with van der Waals surface area (Å²) in [6.45, 7) is 0.128. The van der Waals surface area contributed by atoms with E-state index in [9.17, 15) is 22.4 Å². The maximum atomic E-state index is 14.2. The maximum absolute atomic E-state index is 14.2. The lowest BCUT2D eigenvalue weighted by molar-refractivity contribution is -0.0880. The summed E-state index contributed by atoms with van der Waals surface area (Å²) < 4.78 is 56.6. The Morgan fingerprint density at radius 2 is 1.97 bits per heavy atom. The van der Waals surface area contributed by atoms with Crippen LogP contribution in [-0.4, -0.2) is 20.5 Å². The Morgan fingerprint density at radius 3 is 2.72 bits per heavy atom. The second-order valence-electron chi connectivity index (χ2n) is 7.48. The molecule has 4 aromatic rings. The number of hydrogen-bond donors (Lipinski definition) is 1. The summed E-state index contributed by atoms with van der Waals surface area (Å²) in [7, 11) is 0. The van der Waals surface area contributed by atoms with Crippen molar-refractivity contribution in [3.8, 4) is 0 Å². The number of fused-ring (bicyclic) bond motifs is 2. The molecule has 0 bridgehead atoms. The van der Waals surface area contributed by atoms with Gasteiger partial charge in [-0.1, -0.05) is 0 Å². The molecule has 4 nitrogen and oxygen atoms in total. The van der Waals surface area contributed by atoms with Crippen LogP contribution in [0.15, 0.2) is 47.4 Å². The average Bonchev–Trinajstić information content (AvgIpc) is 3.01. The van der Waals surface area contributed by atoms with Crippen LogP contribution in [0.5, 0.6) is 0 Å². The van der Waals surface area contributed by atoms with Gasteiger partial charge in [0, 0.05) is 47.5 Å². The second-order valence-corrected chi connectivity index (χ2v) is 7.48. The molecule has 0 aliphatic heterocycles. The largest absolute Gasteiger partial charge is 0.325 e. The van der Waals surface area contributed by atoms with Gasteiger partial charge in [-0.2, -0.15) is 0 Å². The number of aromatic nitrogens is 3. The zero-order valence-electron chi connectivity index (χ0n) is 15.1. The molecule has 0 spiro atoms. The van der Waals surface area contributed by atoms with E-state index >= 15 is 0 Å². The molecule has 1 aliphatic carbocycles. The van der Waals surface area contributed by atoms with Crippen molar-refractivity contribution in [3.63, 3.8) is 0 Å². The zero-order chi connectivity index (χ0) is 20.3. The smallest absolute Gasteiger partial charge is 0.249 e. The fraction of sp³-hybridized carbons (Fsp3) is 0.238. The molecule has 1 fully saturated rings. The van der Waals surface area contributed by atoms with Gasteiger partial charge in [-0.3, -0.25) is 4.79 Å². The van der Waals surface area contributed by atoms with Gasteiger partial charge in [0.05, 0.1) is 12.1 Å². The van der Waals surface area contributed by atoms with Gasteiger partial charge < -0.3 is 9.55 Å². The van der Waals surface area contributed by atoms with Crippen molar-refractivity contribution in [1.29, 1.82) is 0 Å². The molecule has 3 heterocycles. The van der Waals surface area contributed by atoms with Crippen LogP contribution in [0, 0.1) is 11.6 Å². The van der Waals surface area contributed by atoms with Crippen molar-refractivity contribution >= 4 is 21.9 Å². The first-order valence-corrected chi connectivity index (χ1v) is 9.14. The normalized spacial score (nSPS) is 16.4. The van der Waals surface area contributed by atoms with Gasteiger partial charge in [-0.05, 0) is 35.9 Å². The number of rotatable bonds is 3. The van der Waals surface area contributed by atoms with E-state index in [2.05, 4.69) is 9.97 Å². The lowest BCUT2D eigenvalue weighted by Crippen LogP contribution is -2.34. The molecule has 3 aromatic heterocycles. The van der Waals surface area contributed by atoms with Crippen molar-refractivity contribution < 1.29 is 17.6 Å².